The molecule has 2 aromatic carbocycles. The first kappa shape index (κ1) is 15.2. The van der Waals surface area contributed by atoms with Gasteiger partial charge in [0.15, 0.2) is 11.6 Å². The van der Waals surface area contributed by atoms with Gasteiger partial charge in [-0.05, 0) is 46.6 Å². The van der Waals surface area contributed by atoms with Gasteiger partial charge in [0.1, 0.15) is 11.6 Å². The van der Waals surface area contributed by atoms with Crippen LogP contribution in [0.25, 0.3) is 0 Å². The summed E-state index contributed by atoms with van der Waals surface area (Å²) >= 11 is 8.78. The third-order valence-corrected chi connectivity index (χ3v) is 3.54. The SMILES string of the molecule is C[C@H](O)c1ccc(Oc2cc(F)c(Cl)cc2Br)c(F)c1. The number of halogens is 4. The first-order valence-corrected chi connectivity index (χ1v) is 6.85. The van der Waals surface area contributed by atoms with Crippen LogP contribution in [0.2, 0.25) is 5.02 Å². The lowest BCUT2D eigenvalue weighted by atomic mass is 10.1. The Morgan fingerprint density at radius 3 is 2.45 bits per heavy atom. The van der Waals surface area contributed by atoms with Gasteiger partial charge in [0, 0.05) is 6.07 Å². The van der Waals surface area contributed by atoms with E-state index in [1.165, 1.54) is 31.2 Å². The number of aliphatic hydroxyl groups excluding tert-OH is 1. The Morgan fingerprint density at radius 2 is 1.85 bits per heavy atom. The highest BCUT2D eigenvalue weighted by Crippen LogP contribution is 2.35. The van der Waals surface area contributed by atoms with Crippen LogP contribution in [0, 0.1) is 11.6 Å². The zero-order valence-electron chi connectivity index (χ0n) is 10.3. The quantitative estimate of drug-likeness (QED) is 0.757. The van der Waals surface area contributed by atoms with Crippen molar-refractivity contribution < 1.29 is 18.6 Å². The fraction of sp³-hybridized carbons (Fsp3) is 0.143. The van der Waals surface area contributed by atoms with E-state index in [4.69, 9.17) is 16.3 Å². The number of ether oxygens (including phenoxy) is 1. The van der Waals surface area contributed by atoms with Crippen molar-refractivity contribution in [3.63, 3.8) is 0 Å². The standard InChI is InChI=1S/C14H10BrClF2O2/c1-7(19)8-2-3-13(12(18)4-8)20-14-6-11(17)10(16)5-9(14)15/h2-7,19H,1H3/t7-/m0/s1. The average Bonchev–Trinajstić information content (AvgIpc) is 2.37. The second kappa shape index (κ2) is 6.08. The van der Waals surface area contributed by atoms with Crippen LogP contribution < -0.4 is 4.74 Å². The Bertz CT molecular complexity index is 647. The molecule has 0 aromatic heterocycles. The zero-order chi connectivity index (χ0) is 14.9. The highest BCUT2D eigenvalue weighted by atomic mass is 79.9. The lowest BCUT2D eigenvalue weighted by Gasteiger charge is -2.11. The van der Waals surface area contributed by atoms with Gasteiger partial charge in [0.2, 0.25) is 0 Å². The molecule has 0 radical (unpaired) electrons. The van der Waals surface area contributed by atoms with Crippen molar-refractivity contribution in [3.8, 4) is 11.5 Å². The molecule has 0 aliphatic carbocycles. The van der Waals surface area contributed by atoms with E-state index in [1.54, 1.807) is 0 Å². The van der Waals surface area contributed by atoms with Gasteiger partial charge in [-0.3, -0.25) is 0 Å². The van der Waals surface area contributed by atoms with E-state index < -0.39 is 17.7 Å². The normalized spacial score (nSPS) is 12.3. The van der Waals surface area contributed by atoms with Crippen LogP contribution in [0.4, 0.5) is 8.78 Å². The predicted molar refractivity (Wildman–Crippen MR) is 76.2 cm³/mol. The molecule has 2 rings (SSSR count). The van der Waals surface area contributed by atoms with Crippen LogP contribution in [0.3, 0.4) is 0 Å². The van der Waals surface area contributed by atoms with Crippen molar-refractivity contribution in [1.82, 2.24) is 0 Å². The van der Waals surface area contributed by atoms with Gasteiger partial charge in [-0.2, -0.15) is 0 Å². The van der Waals surface area contributed by atoms with Crippen molar-refractivity contribution in [2.24, 2.45) is 0 Å². The fourth-order valence-electron chi connectivity index (χ4n) is 1.56. The number of rotatable bonds is 3. The Balaban J connectivity index is 2.33. The van der Waals surface area contributed by atoms with Crippen LogP contribution >= 0.6 is 27.5 Å². The van der Waals surface area contributed by atoms with E-state index in [0.29, 0.717) is 10.0 Å². The number of hydrogen-bond acceptors (Lipinski definition) is 2. The van der Waals surface area contributed by atoms with Crippen molar-refractivity contribution >= 4 is 27.5 Å². The van der Waals surface area contributed by atoms with Crippen molar-refractivity contribution in [2.75, 3.05) is 0 Å². The molecule has 6 heteroatoms. The largest absolute Gasteiger partial charge is 0.453 e. The maximum absolute atomic E-state index is 13.8. The Morgan fingerprint density at radius 1 is 1.15 bits per heavy atom. The molecule has 2 nitrogen and oxygen atoms in total. The summed E-state index contributed by atoms with van der Waals surface area (Å²) in [5.41, 5.74) is 0.427. The van der Waals surface area contributed by atoms with Crippen molar-refractivity contribution in [1.29, 1.82) is 0 Å². The average molecular weight is 364 g/mol. The van der Waals surface area contributed by atoms with E-state index in [1.807, 2.05) is 0 Å². The third-order valence-electron chi connectivity index (χ3n) is 2.63. The molecule has 0 heterocycles. The monoisotopic (exact) mass is 362 g/mol. The summed E-state index contributed by atoms with van der Waals surface area (Å²) in [4.78, 5) is 0. The molecule has 0 spiro atoms. The number of hydrogen-bond donors (Lipinski definition) is 1. The fourth-order valence-corrected chi connectivity index (χ4v) is 2.28. The van der Waals surface area contributed by atoms with Crippen molar-refractivity contribution in [2.45, 2.75) is 13.0 Å². The van der Waals surface area contributed by atoms with Crippen LogP contribution in [0.1, 0.15) is 18.6 Å². The van der Waals surface area contributed by atoms with Gasteiger partial charge >= 0.3 is 0 Å². The summed E-state index contributed by atoms with van der Waals surface area (Å²) < 4.78 is 32.9. The molecule has 0 aliphatic rings. The third kappa shape index (κ3) is 3.29. The summed E-state index contributed by atoms with van der Waals surface area (Å²) in [5.74, 6) is -1.27. The lowest BCUT2D eigenvalue weighted by Crippen LogP contribution is -1.95. The molecule has 0 bridgehead atoms. The molecule has 0 aliphatic heterocycles. The molecule has 0 saturated heterocycles. The second-order valence-electron chi connectivity index (χ2n) is 4.16. The zero-order valence-corrected chi connectivity index (χ0v) is 12.7. The van der Waals surface area contributed by atoms with Gasteiger partial charge in [-0.15, -0.1) is 0 Å². The smallest absolute Gasteiger partial charge is 0.166 e. The van der Waals surface area contributed by atoms with E-state index >= 15 is 0 Å². The predicted octanol–water partition coefficient (Wildman–Crippen LogP) is 5.23. The molecule has 106 valence electrons. The van der Waals surface area contributed by atoms with Gasteiger partial charge in [0.25, 0.3) is 0 Å². The van der Waals surface area contributed by atoms with E-state index in [0.717, 1.165) is 6.07 Å². The van der Waals surface area contributed by atoms with E-state index in [9.17, 15) is 13.9 Å². The number of benzene rings is 2. The molecular formula is C14H10BrClF2O2. The van der Waals surface area contributed by atoms with E-state index in [-0.39, 0.29) is 16.5 Å². The molecule has 20 heavy (non-hydrogen) atoms. The Kier molecular flexibility index (Phi) is 4.62. The molecule has 0 saturated carbocycles. The maximum Gasteiger partial charge on any atom is 0.166 e. The molecule has 0 amide bonds. The van der Waals surface area contributed by atoms with Gasteiger partial charge in [0.05, 0.1) is 15.6 Å². The molecule has 1 N–H and O–H groups in total. The van der Waals surface area contributed by atoms with E-state index in [2.05, 4.69) is 15.9 Å². The summed E-state index contributed by atoms with van der Waals surface area (Å²) in [6.07, 6.45) is -0.779. The summed E-state index contributed by atoms with van der Waals surface area (Å²) in [6, 6.07) is 6.46. The van der Waals surface area contributed by atoms with Gasteiger partial charge in [-0.1, -0.05) is 17.7 Å². The van der Waals surface area contributed by atoms with Crippen LogP contribution in [-0.4, -0.2) is 5.11 Å². The molecular weight excluding hydrogens is 354 g/mol. The van der Waals surface area contributed by atoms with Crippen LogP contribution in [-0.2, 0) is 0 Å². The van der Waals surface area contributed by atoms with Gasteiger partial charge in [-0.25, -0.2) is 8.78 Å². The molecule has 0 unspecified atom stereocenters. The lowest BCUT2D eigenvalue weighted by molar-refractivity contribution is 0.198. The summed E-state index contributed by atoms with van der Waals surface area (Å²) in [5, 5.41) is 9.30. The Labute approximate surface area is 128 Å². The minimum Gasteiger partial charge on any atom is -0.453 e. The Hall–Kier alpha value is -1.17. The highest BCUT2D eigenvalue weighted by molar-refractivity contribution is 9.10. The molecule has 1 atom stereocenters. The maximum atomic E-state index is 13.8. The minimum absolute atomic E-state index is 0.0610. The molecule has 0 fully saturated rings. The van der Waals surface area contributed by atoms with Crippen LogP contribution in [0.5, 0.6) is 11.5 Å². The van der Waals surface area contributed by atoms with Crippen molar-refractivity contribution in [3.05, 3.63) is 57.0 Å². The summed E-state index contributed by atoms with van der Waals surface area (Å²) in [7, 11) is 0. The summed E-state index contributed by atoms with van der Waals surface area (Å²) in [6.45, 7) is 1.53. The van der Waals surface area contributed by atoms with Crippen LogP contribution in [0.15, 0.2) is 34.8 Å². The first-order chi connectivity index (χ1) is 9.38. The first-order valence-electron chi connectivity index (χ1n) is 5.68. The molecule has 2 aromatic rings. The topological polar surface area (TPSA) is 29.5 Å². The highest BCUT2D eigenvalue weighted by Gasteiger charge is 2.13. The number of aliphatic hydroxyl groups is 1. The second-order valence-corrected chi connectivity index (χ2v) is 5.43. The minimum atomic E-state index is -0.779. The van der Waals surface area contributed by atoms with Gasteiger partial charge < -0.3 is 9.84 Å².